The zero-order chi connectivity index (χ0) is 11.2. The third-order valence-electron chi connectivity index (χ3n) is 7.59. The maximum absolute atomic E-state index is 2.83. The number of hydrazine groups is 1. The molecule has 92 valence electrons. The molecule has 6 saturated heterocycles. The predicted octanol–water partition coefficient (Wildman–Crippen LogP) is 0.780. The Morgan fingerprint density at radius 2 is 1.94 bits per heavy atom. The van der Waals surface area contributed by atoms with Gasteiger partial charge in [-0.2, -0.15) is 9.71 Å². The van der Waals surface area contributed by atoms with E-state index < -0.39 is 0 Å². The molecule has 0 radical (unpaired) electrons. The molecule has 6 heterocycles. The molecule has 4 heteroatoms. The molecule has 6 aliphatic heterocycles. The Labute approximate surface area is 102 Å². The summed E-state index contributed by atoms with van der Waals surface area (Å²) in [5.41, 5.74) is 0.620. The van der Waals surface area contributed by atoms with Crippen molar-refractivity contribution >= 4 is 0 Å². The molecule has 8 fully saturated rings. The fourth-order valence-corrected chi connectivity index (χ4v) is 7.29. The summed E-state index contributed by atoms with van der Waals surface area (Å²) in [5.74, 6) is 0.998. The molecule has 7 unspecified atom stereocenters. The smallest absolute Gasteiger partial charge is 0.132 e. The van der Waals surface area contributed by atoms with Crippen molar-refractivity contribution in [3.05, 3.63) is 0 Å². The van der Waals surface area contributed by atoms with Crippen molar-refractivity contribution in [2.45, 2.75) is 56.8 Å². The lowest BCUT2D eigenvalue weighted by Gasteiger charge is -2.65. The Morgan fingerprint density at radius 1 is 1.12 bits per heavy atom. The van der Waals surface area contributed by atoms with Crippen LogP contribution in [0, 0.1) is 11.3 Å². The zero-order valence-electron chi connectivity index (χ0n) is 10.7. The summed E-state index contributed by atoms with van der Waals surface area (Å²) in [4.78, 5) is 0. The van der Waals surface area contributed by atoms with E-state index in [4.69, 9.17) is 0 Å². The van der Waals surface area contributed by atoms with Crippen LogP contribution in [-0.2, 0) is 0 Å². The van der Waals surface area contributed by atoms with Gasteiger partial charge in [0.25, 0.3) is 0 Å². The van der Waals surface area contributed by atoms with Gasteiger partial charge >= 0.3 is 0 Å². The molecule has 0 aromatic rings. The molecular weight excluding hydrogens is 212 g/mol. The van der Waals surface area contributed by atoms with Gasteiger partial charge in [0.15, 0.2) is 0 Å². The van der Waals surface area contributed by atoms with E-state index in [-0.39, 0.29) is 0 Å². The van der Waals surface area contributed by atoms with Crippen LogP contribution in [0.5, 0.6) is 0 Å². The monoisotopic (exact) mass is 233 g/mol. The Balaban J connectivity index is 1.75. The van der Waals surface area contributed by atoms with Gasteiger partial charge in [-0.3, -0.25) is 0 Å². The molecule has 2 aliphatic carbocycles. The highest BCUT2D eigenvalue weighted by atomic mass is 16.2. The molecule has 8 aliphatic rings. The van der Waals surface area contributed by atoms with E-state index in [1.807, 2.05) is 0 Å². The summed E-state index contributed by atoms with van der Waals surface area (Å²) in [6.07, 6.45) is 5.87. The Hall–Kier alpha value is -0.160. The van der Waals surface area contributed by atoms with E-state index in [1.165, 1.54) is 37.1 Å². The highest BCUT2D eigenvalue weighted by Crippen LogP contribution is 2.71. The average molecular weight is 233 g/mol. The number of quaternary nitrogens is 1. The molecule has 8 rings (SSSR count). The van der Waals surface area contributed by atoms with E-state index in [0.29, 0.717) is 5.41 Å². The van der Waals surface area contributed by atoms with Gasteiger partial charge in [-0.25, -0.2) is 0 Å². The first-order valence-electron chi connectivity index (χ1n) is 7.38. The van der Waals surface area contributed by atoms with E-state index in [9.17, 15) is 0 Å². The van der Waals surface area contributed by atoms with E-state index in [2.05, 4.69) is 29.1 Å². The fraction of sp³-hybridized carbons (Fsp3) is 1.00. The lowest BCUT2D eigenvalue weighted by Crippen LogP contribution is -2.79. The molecular formula is C13H21N4+. The first-order valence-corrected chi connectivity index (χ1v) is 7.38. The number of nitrogens with zero attached hydrogens (tertiary/aromatic N) is 4. The summed E-state index contributed by atoms with van der Waals surface area (Å²) >= 11 is 0. The van der Waals surface area contributed by atoms with Gasteiger partial charge in [0, 0.05) is 23.8 Å². The summed E-state index contributed by atoms with van der Waals surface area (Å²) in [5, 5.41) is 8.38. The Bertz CT molecular complexity index is 451. The van der Waals surface area contributed by atoms with Crippen molar-refractivity contribution in [3.63, 3.8) is 0 Å². The first kappa shape index (κ1) is 8.86. The van der Waals surface area contributed by atoms with Crippen LogP contribution >= 0.6 is 0 Å². The second-order valence-electron chi connectivity index (χ2n) is 7.53. The molecule has 4 nitrogen and oxygen atoms in total. The molecule has 0 spiro atoms. The SMILES string of the molecule is CC12C3C4CCC1N1CN5C2CCC3[N+]5(C)N41. The van der Waals surface area contributed by atoms with Crippen LogP contribution in [0.4, 0.5) is 0 Å². The second-order valence-corrected chi connectivity index (χ2v) is 7.53. The van der Waals surface area contributed by atoms with Gasteiger partial charge in [0.2, 0.25) is 0 Å². The van der Waals surface area contributed by atoms with Gasteiger partial charge in [0.05, 0.1) is 12.1 Å². The van der Waals surface area contributed by atoms with Crippen molar-refractivity contribution in [1.29, 1.82) is 0 Å². The normalized spacial score (nSPS) is 71.3. The quantitative estimate of drug-likeness (QED) is 0.573. The number of hydrogen-bond acceptors (Lipinski definition) is 3. The van der Waals surface area contributed by atoms with E-state index in [1.54, 1.807) is 0 Å². The first-order chi connectivity index (χ1) is 8.18. The standard InChI is InChI=1S/C13H21N4/c1-13-10-5-3-8-12(13)9-4-6-11(13)15-7-14(10)16(8)17(9,15)2/h8-12H,3-7H2,1-2H3/q+1. The van der Waals surface area contributed by atoms with Crippen molar-refractivity contribution < 1.29 is 4.70 Å². The second kappa shape index (κ2) is 2.09. The van der Waals surface area contributed by atoms with Crippen molar-refractivity contribution in [2.24, 2.45) is 11.3 Å². The van der Waals surface area contributed by atoms with E-state index in [0.717, 1.165) is 30.1 Å². The van der Waals surface area contributed by atoms with Crippen LogP contribution < -0.4 is 0 Å². The number of rotatable bonds is 0. The molecule has 0 aromatic heterocycles. The van der Waals surface area contributed by atoms with Gasteiger partial charge in [-0.15, -0.1) is 5.01 Å². The van der Waals surface area contributed by atoms with Crippen LogP contribution in [0.15, 0.2) is 0 Å². The molecule has 7 bridgehead atoms. The molecule has 2 saturated carbocycles. The number of hydrogen-bond donors (Lipinski definition) is 0. The summed E-state index contributed by atoms with van der Waals surface area (Å²) < 4.78 is 1.17. The molecule has 7 atom stereocenters. The minimum absolute atomic E-state index is 0.620. The lowest BCUT2D eigenvalue weighted by molar-refractivity contribution is -1.12. The highest BCUT2D eigenvalue weighted by molar-refractivity contribution is 5.21. The molecule has 0 amide bonds. The minimum atomic E-state index is 0.620. The molecule has 17 heavy (non-hydrogen) atoms. The predicted molar refractivity (Wildman–Crippen MR) is 61.8 cm³/mol. The topological polar surface area (TPSA) is 9.72 Å². The third-order valence-corrected chi connectivity index (χ3v) is 7.59. The van der Waals surface area contributed by atoms with Crippen molar-refractivity contribution in [2.75, 3.05) is 13.7 Å². The maximum atomic E-state index is 2.83. The van der Waals surface area contributed by atoms with Gasteiger partial charge in [0.1, 0.15) is 19.8 Å². The van der Waals surface area contributed by atoms with Crippen LogP contribution in [-0.4, -0.2) is 57.7 Å². The Morgan fingerprint density at radius 3 is 2.82 bits per heavy atom. The highest BCUT2D eigenvalue weighted by Gasteiger charge is 2.86. The van der Waals surface area contributed by atoms with Gasteiger partial charge < -0.3 is 0 Å². The summed E-state index contributed by atoms with van der Waals surface area (Å²) in [6, 6.07) is 3.52. The van der Waals surface area contributed by atoms with Crippen molar-refractivity contribution in [3.8, 4) is 0 Å². The molecule has 0 aromatic carbocycles. The largest absolute Gasteiger partial charge is 0.172 e. The van der Waals surface area contributed by atoms with Crippen LogP contribution in [0.2, 0.25) is 0 Å². The van der Waals surface area contributed by atoms with E-state index >= 15 is 0 Å². The average Bonchev–Trinajstić information content (AvgIpc) is 2.76. The third kappa shape index (κ3) is 0.556. The number of fused-ring (bicyclic) bond motifs is 2. The Kier molecular flexibility index (Phi) is 1.09. The van der Waals surface area contributed by atoms with Crippen molar-refractivity contribution in [1.82, 2.24) is 15.1 Å². The lowest BCUT2D eigenvalue weighted by atomic mass is 9.50. The maximum Gasteiger partial charge on any atom is 0.132 e. The summed E-state index contributed by atoms with van der Waals surface area (Å²) in [6.45, 7) is 3.86. The van der Waals surface area contributed by atoms with Gasteiger partial charge in [-0.1, -0.05) is 12.0 Å². The van der Waals surface area contributed by atoms with Crippen LogP contribution in [0.25, 0.3) is 0 Å². The fourth-order valence-electron chi connectivity index (χ4n) is 7.29. The summed E-state index contributed by atoms with van der Waals surface area (Å²) in [7, 11) is 2.50. The van der Waals surface area contributed by atoms with Crippen LogP contribution in [0.1, 0.15) is 32.6 Å². The zero-order valence-corrected chi connectivity index (χ0v) is 10.7. The van der Waals surface area contributed by atoms with Gasteiger partial charge in [-0.05, 0) is 19.3 Å². The molecule has 0 N–H and O–H groups in total. The van der Waals surface area contributed by atoms with Crippen LogP contribution in [0.3, 0.4) is 0 Å². The minimum Gasteiger partial charge on any atom is -0.172 e.